The van der Waals surface area contributed by atoms with Crippen molar-refractivity contribution in [2.24, 2.45) is 23.1 Å². The molecule has 19 N–H and O–H groups in total. The van der Waals surface area contributed by atoms with E-state index < -0.39 is 165 Å². The average molecular weight is 972 g/mol. The number of rotatable bonds is 33. The molecule has 0 aromatic carbocycles. The molecule has 0 aliphatic heterocycles. The molecule has 0 rings (SSSR count). The van der Waals surface area contributed by atoms with Crippen molar-refractivity contribution in [2.45, 2.75) is 77.0 Å². The van der Waals surface area contributed by atoms with Crippen LogP contribution in [0.4, 0.5) is 0 Å². The number of amides is 14. The first kappa shape index (κ1) is 60.0. The van der Waals surface area contributed by atoms with Crippen molar-refractivity contribution in [3.8, 4) is 0 Å². The summed E-state index contributed by atoms with van der Waals surface area (Å²) in [5.41, 5.74) is 15.6. The number of carbonyl (C=O) groups excluding carboxylic acids is 14. The Bertz CT molecular complexity index is 1880. The van der Waals surface area contributed by atoms with Crippen molar-refractivity contribution in [1.29, 1.82) is 0 Å². The lowest BCUT2D eigenvalue weighted by molar-refractivity contribution is -0.138. The van der Waals surface area contributed by atoms with Gasteiger partial charge in [0.1, 0.15) is 30.7 Å². The highest BCUT2D eigenvalue weighted by molar-refractivity contribution is 5.96. The lowest BCUT2D eigenvalue weighted by atomic mass is 10.0. The summed E-state index contributed by atoms with van der Waals surface area (Å²) in [6.07, 6.45) is -1.08. The summed E-state index contributed by atoms with van der Waals surface area (Å²) in [4.78, 5) is 181. The third-order valence-corrected chi connectivity index (χ3v) is 8.45. The van der Waals surface area contributed by atoms with Gasteiger partial charge in [0.15, 0.2) is 0 Å². The Hall–Kier alpha value is -7.99. The lowest BCUT2D eigenvalue weighted by Gasteiger charge is -2.20. The maximum Gasteiger partial charge on any atom is 0.322 e. The highest BCUT2D eigenvalue weighted by atomic mass is 16.4. The van der Waals surface area contributed by atoms with Crippen LogP contribution in [0.5, 0.6) is 0 Å². The summed E-state index contributed by atoms with van der Waals surface area (Å²) in [5.74, 6) is -13.1. The van der Waals surface area contributed by atoms with Crippen molar-refractivity contribution < 1.29 is 77.0 Å². The molecule has 0 aromatic heterocycles. The number of carbonyl (C=O) groups is 15. The van der Waals surface area contributed by atoms with E-state index in [0.29, 0.717) is 0 Å². The second kappa shape index (κ2) is 32.6. The molecule has 0 saturated carbocycles. The number of carboxylic acid groups (broad SMARTS) is 1. The molecule has 31 nitrogen and oxygen atoms in total. The zero-order valence-electron chi connectivity index (χ0n) is 37.6. The Balaban J connectivity index is 4.86. The molecule has 4 atom stereocenters. The van der Waals surface area contributed by atoms with Crippen LogP contribution in [0.3, 0.4) is 0 Å². The number of nitrogens with one attached hydrogen (secondary N) is 12. The molecule has 0 unspecified atom stereocenters. The van der Waals surface area contributed by atoms with Gasteiger partial charge in [-0.15, -0.1) is 0 Å². The van der Waals surface area contributed by atoms with Crippen LogP contribution in [0.2, 0.25) is 0 Å². The van der Waals surface area contributed by atoms with E-state index in [9.17, 15) is 71.9 Å². The minimum absolute atomic E-state index is 0.00158. The first-order chi connectivity index (χ1) is 31.8. The molecule has 380 valence electrons. The van der Waals surface area contributed by atoms with Crippen molar-refractivity contribution in [3.63, 3.8) is 0 Å². The quantitative estimate of drug-likeness (QED) is 0.0290. The van der Waals surface area contributed by atoms with Gasteiger partial charge in [0.2, 0.25) is 82.7 Å². The smallest absolute Gasteiger partial charge is 0.322 e. The lowest BCUT2D eigenvalue weighted by Crippen LogP contribution is -2.53. The molecule has 68 heavy (non-hydrogen) atoms. The fourth-order valence-electron chi connectivity index (χ4n) is 5.07. The number of primary amides is 2. The first-order valence-corrected chi connectivity index (χ1v) is 20.7. The van der Waals surface area contributed by atoms with Crippen molar-refractivity contribution in [1.82, 2.24) is 63.8 Å². The third-order valence-electron chi connectivity index (χ3n) is 8.45. The summed E-state index contributed by atoms with van der Waals surface area (Å²) in [5, 5.41) is 35.3. The molecule has 14 amide bonds. The van der Waals surface area contributed by atoms with Crippen LogP contribution in [0.1, 0.15) is 52.9 Å². The van der Waals surface area contributed by atoms with Gasteiger partial charge < -0.3 is 86.1 Å². The van der Waals surface area contributed by atoms with Crippen LogP contribution in [0, 0.1) is 5.92 Å². The number of nitrogens with two attached hydrogens (primary N) is 3. The van der Waals surface area contributed by atoms with E-state index in [1.165, 1.54) is 6.92 Å². The van der Waals surface area contributed by atoms with Crippen molar-refractivity contribution >= 4 is 88.7 Å². The number of aliphatic carboxylic acids is 1. The number of hydrogen-bond acceptors (Lipinski definition) is 16. The van der Waals surface area contributed by atoms with Crippen LogP contribution in [-0.2, 0) is 71.9 Å². The Morgan fingerprint density at radius 2 is 0.706 bits per heavy atom. The first-order valence-electron chi connectivity index (χ1n) is 20.7. The van der Waals surface area contributed by atoms with E-state index in [1.807, 2.05) is 19.2 Å². The van der Waals surface area contributed by atoms with Gasteiger partial charge in [-0.05, 0) is 32.1 Å². The minimum Gasteiger partial charge on any atom is -0.480 e. The number of carboxylic acids is 1. The normalized spacial score (nSPS) is 12.1. The van der Waals surface area contributed by atoms with Crippen molar-refractivity contribution in [2.75, 3.05) is 58.9 Å². The SMILES string of the molecule is CC(C)C[C@H](NC(=O)CN)C(=O)NCC(=O)NCC(=O)N[C@@H](CCC(N)=O)C(=O)NCC(=O)NCC(=O)NCC(=O)N[C@@H](C)C(=O)NCC(=O)N[C@@H](CCC(N)=O)C(=O)NCC(=O)NCC(=O)O. The van der Waals surface area contributed by atoms with Gasteiger partial charge in [-0.1, -0.05) is 13.8 Å². The van der Waals surface area contributed by atoms with Crippen molar-refractivity contribution in [3.05, 3.63) is 0 Å². The Kier molecular flexibility index (Phi) is 28.8. The number of hydrogen-bond donors (Lipinski definition) is 16. The van der Waals surface area contributed by atoms with Crippen LogP contribution in [0.15, 0.2) is 0 Å². The van der Waals surface area contributed by atoms with Crippen LogP contribution in [-0.4, -0.2) is 177 Å². The van der Waals surface area contributed by atoms with Crippen LogP contribution in [0.25, 0.3) is 0 Å². The van der Waals surface area contributed by atoms with E-state index in [2.05, 4.69) is 58.5 Å². The maximum absolute atomic E-state index is 12.8. The van der Waals surface area contributed by atoms with Gasteiger partial charge in [0, 0.05) is 12.8 Å². The predicted octanol–water partition coefficient (Wildman–Crippen LogP) is -10.5. The highest BCUT2D eigenvalue weighted by Crippen LogP contribution is 2.05. The van der Waals surface area contributed by atoms with E-state index in [0.717, 1.165) is 0 Å². The fraction of sp³-hybridized carbons (Fsp3) is 0.595. The minimum atomic E-state index is -1.42. The molecule has 0 aliphatic rings. The summed E-state index contributed by atoms with van der Waals surface area (Å²) >= 11 is 0. The Morgan fingerprint density at radius 3 is 1.07 bits per heavy atom. The second-order valence-electron chi connectivity index (χ2n) is 14.9. The molecule has 0 bridgehead atoms. The van der Waals surface area contributed by atoms with Gasteiger partial charge in [-0.3, -0.25) is 71.9 Å². The highest BCUT2D eigenvalue weighted by Gasteiger charge is 2.26. The summed E-state index contributed by atoms with van der Waals surface area (Å²) < 4.78 is 0. The van der Waals surface area contributed by atoms with Crippen LogP contribution < -0.4 is 81.0 Å². The molecule has 0 fully saturated rings. The topological polar surface area (TPSA) is 499 Å². The van der Waals surface area contributed by atoms with Gasteiger partial charge in [-0.25, -0.2) is 0 Å². The predicted molar refractivity (Wildman–Crippen MR) is 230 cm³/mol. The van der Waals surface area contributed by atoms with Gasteiger partial charge in [0.05, 0.1) is 52.4 Å². The molecule has 0 spiro atoms. The maximum atomic E-state index is 12.8. The Morgan fingerprint density at radius 1 is 0.397 bits per heavy atom. The fourth-order valence-corrected chi connectivity index (χ4v) is 5.07. The molecule has 0 aromatic rings. The zero-order chi connectivity index (χ0) is 51.9. The van der Waals surface area contributed by atoms with E-state index in [-0.39, 0.29) is 44.6 Å². The van der Waals surface area contributed by atoms with Crippen LogP contribution >= 0.6 is 0 Å². The van der Waals surface area contributed by atoms with E-state index in [4.69, 9.17) is 22.3 Å². The Labute approximate surface area is 388 Å². The van der Waals surface area contributed by atoms with E-state index in [1.54, 1.807) is 0 Å². The van der Waals surface area contributed by atoms with E-state index >= 15 is 0 Å². The summed E-state index contributed by atoms with van der Waals surface area (Å²) in [6.45, 7) is -0.946. The molecule has 0 saturated heterocycles. The zero-order valence-corrected chi connectivity index (χ0v) is 37.6. The second-order valence-corrected chi connectivity index (χ2v) is 14.9. The van der Waals surface area contributed by atoms with Gasteiger partial charge in [-0.2, -0.15) is 0 Å². The standard InChI is InChI=1S/C37H61N15O16/c1-18(2)8-22(52-25(55)9-38)37(68)48-12-28(58)43-15-31(61)50-20(4-6-23(39)53)35(66)46-11-27(57)41-10-26(56)42-14-30(60)49-19(3)34(65)45-16-32(62)51-21(5-7-24(40)54)36(67)47-13-29(59)44-17-33(63)64/h18-22H,4-17,38H2,1-3H3,(H2,39,53)(H2,40,54)(H,41,57)(H,42,56)(H,43,58)(H,44,59)(H,45,65)(H,46,66)(H,47,67)(H,48,68)(H,49,60)(H,50,61)(H,51,62)(H,52,55)(H,63,64)/t19-,20-,21-,22-/m0/s1. The molecular weight excluding hydrogens is 910 g/mol. The average Bonchev–Trinajstić information content (AvgIpc) is 3.27. The molecule has 31 heteroatoms. The van der Waals surface area contributed by atoms with Gasteiger partial charge >= 0.3 is 5.97 Å². The molecule has 0 radical (unpaired) electrons. The molecule has 0 aliphatic carbocycles. The molecular formula is C37H61N15O16. The summed E-state index contributed by atoms with van der Waals surface area (Å²) in [6, 6.07) is -5.05. The largest absolute Gasteiger partial charge is 0.480 e. The summed E-state index contributed by atoms with van der Waals surface area (Å²) in [7, 11) is 0. The third kappa shape index (κ3) is 29.5. The van der Waals surface area contributed by atoms with Gasteiger partial charge in [0.25, 0.3) is 0 Å². The monoisotopic (exact) mass is 971 g/mol. The molecule has 0 heterocycles.